The second-order valence-electron chi connectivity index (χ2n) is 5.12. The molecule has 0 radical (unpaired) electrons. The summed E-state index contributed by atoms with van der Waals surface area (Å²) in [5.74, 6) is -0.313. The fourth-order valence-corrected chi connectivity index (χ4v) is 2.45. The molecular weight excluding hydrogens is 328 g/mol. The Morgan fingerprint density at radius 2 is 1.91 bits per heavy atom. The predicted molar refractivity (Wildman–Crippen MR) is 101 cm³/mol. The lowest BCUT2D eigenvalue weighted by Gasteiger charge is -2.11. The Morgan fingerprint density at radius 1 is 1.17 bits per heavy atom. The van der Waals surface area contributed by atoms with Crippen molar-refractivity contribution in [3.63, 3.8) is 0 Å². The van der Waals surface area contributed by atoms with Crippen molar-refractivity contribution in [2.24, 2.45) is 0 Å². The van der Waals surface area contributed by atoms with Gasteiger partial charge < -0.3 is 5.32 Å². The van der Waals surface area contributed by atoms with Gasteiger partial charge in [0.2, 0.25) is 5.91 Å². The molecule has 0 bridgehead atoms. The molecule has 2 aromatic rings. The number of carbonyl (C=O) groups is 1. The first-order valence-corrected chi connectivity index (χ1v) is 7.86. The standard InChI is InChI=1S/C18H17ClN2OS/c1-12-7-9-16(13(2)11-12)20-18(23)21-17(22)10-8-14-5-3-4-6-15(14)19/h3-11H,1-2H3,(H2,20,21,22,23)/b10-8+. The van der Waals surface area contributed by atoms with Crippen molar-refractivity contribution < 1.29 is 4.79 Å². The molecular formula is C18H17ClN2OS. The number of benzene rings is 2. The first-order valence-electron chi connectivity index (χ1n) is 7.07. The average molecular weight is 345 g/mol. The molecule has 1 amide bonds. The summed E-state index contributed by atoms with van der Waals surface area (Å²) in [6.45, 7) is 4.01. The summed E-state index contributed by atoms with van der Waals surface area (Å²) >= 11 is 11.2. The summed E-state index contributed by atoms with van der Waals surface area (Å²) in [4.78, 5) is 11.9. The summed E-state index contributed by atoms with van der Waals surface area (Å²) in [5.41, 5.74) is 3.88. The second kappa shape index (κ2) is 7.90. The van der Waals surface area contributed by atoms with Crippen molar-refractivity contribution in [2.45, 2.75) is 13.8 Å². The number of hydrogen-bond donors (Lipinski definition) is 2. The van der Waals surface area contributed by atoms with Crippen LogP contribution in [0.15, 0.2) is 48.5 Å². The Balaban J connectivity index is 1.95. The zero-order valence-electron chi connectivity index (χ0n) is 12.9. The van der Waals surface area contributed by atoms with E-state index in [0.717, 1.165) is 16.8 Å². The van der Waals surface area contributed by atoms with Crippen LogP contribution in [-0.4, -0.2) is 11.0 Å². The van der Waals surface area contributed by atoms with E-state index in [0.29, 0.717) is 5.02 Å². The van der Waals surface area contributed by atoms with E-state index in [2.05, 4.69) is 10.6 Å². The Labute approximate surface area is 146 Å². The lowest BCUT2D eigenvalue weighted by molar-refractivity contribution is -0.115. The molecule has 0 aliphatic heterocycles. The van der Waals surface area contributed by atoms with Gasteiger partial charge in [-0.25, -0.2) is 0 Å². The number of aryl methyl sites for hydroxylation is 2. The van der Waals surface area contributed by atoms with Crippen LogP contribution in [0.5, 0.6) is 0 Å². The van der Waals surface area contributed by atoms with E-state index >= 15 is 0 Å². The number of nitrogens with one attached hydrogen (secondary N) is 2. The number of amides is 1. The zero-order valence-corrected chi connectivity index (χ0v) is 14.5. The van der Waals surface area contributed by atoms with Crippen LogP contribution in [0.1, 0.15) is 16.7 Å². The normalized spacial score (nSPS) is 10.6. The molecule has 0 spiro atoms. The van der Waals surface area contributed by atoms with E-state index in [1.54, 1.807) is 12.1 Å². The Hall–Kier alpha value is -2.17. The molecule has 0 saturated carbocycles. The van der Waals surface area contributed by atoms with Gasteiger partial charge in [0.05, 0.1) is 0 Å². The monoisotopic (exact) mass is 344 g/mol. The summed E-state index contributed by atoms with van der Waals surface area (Å²) in [6.07, 6.45) is 3.05. The van der Waals surface area contributed by atoms with Gasteiger partial charge in [-0.05, 0) is 55.4 Å². The van der Waals surface area contributed by atoms with Gasteiger partial charge in [-0.15, -0.1) is 0 Å². The van der Waals surface area contributed by atoms with Crippen molar-refractivity contribution in [2.75, 3.05) is 5.32 Å². The maximum absolute atomic E-state index is 11.9. The van der Waals surface area contributed by atoms with Gasteiger partial charge in [-0.3, -0.25) is 10.1 Å². The van der Waals surface area contributed by atoms with E-state index in [4.69, 9.17) is 23.8 Å². The molecule has 3 nitrogen and oxygen atoms in total. The fraction of sp³-hybridized carbons (Fsp3) is 0.111. The lowest BCUT2D eigenvalue weighted by atomic mass is 10.1. The van der Waals surface area contributed by atoms with Crippen LogP contribution >= 0.6 is 23.8 Å². The molecule has 2 N–H and O–H groups in total. The minimum Gasteiger partial charge on any atom is -0.332 e. The topological polar surface area (TPSA) is 41.1 Å². The molecule has 0 fully saturated rings. The quantitative estimate of drug-likeness (QED) is 0.637. The molecule has 0 unspecified atom stereocenters. The van der Waals surface area contributed by atoms with E-state index in [9.17, 15) is 4.79 Å². The van der Waals surface area contributed by atoms with Crippen LogP contribution < -0.4 is 10.6 Å². The molecule has 0 aliphatic rings. The van der Waals surface area contributed by atoms with Crippen molar-refractivity contribution in [1.29, 1.82) is 0 Å². The Morgan fingerprint density at radius 3 is 2.61 bits per heavy atom. The fourth-order valence-electron chi connectivity index (χ4n) is 2.04. The number of thiocarbonyl (C=S) groups is 1. The first-order chi connectivity index (χ1) is 11.0. The molecule has 2 aromatic carbocycles. The molecule has 2 rings (SSSR count). The molecule has 0 aromatic heterocycles. The lowest BCUT2D eigenvalue weighted by Crippen LogP contribution is -2.33. The van der Waals surface area contributed by atoms with Crippen molar-refractivity contribution >= 4 is 46.6 Å². The van der Waals surface area contributed by atoms with Gasteiger partial charge >= 0.3 is 0 Å². The van der Waals surface area contributed by atoms with Crippen LogP contribution in [0, 0.1) is 13.8 Å². The second-order valence-corrected chi connectivity index (χ2v) is 5.93. The van der Waals surface area contributed by atoms with Gasteiger partial charge in [0.15, 0.2) is 5.11 Å². The third-order valence-corrected chi connectivity index (χ3v) is 3.73. The number of anilines is 1. The van der Waals surface area contributed by atoms with E-state index in [1.807, 2.05) is 50.2 Å². The van der Waals surface area contributed by atoms with Gasteiger partial charge in [0.1, 0.15) is 0 Å². The third-order valence-electron chi connectivity index (χ3n) is 3.19. The van der Waals surface area contributed by atoms with Gasteiger partial charge in [0.25, 0.3) is 0 Å². The first kappa shape index (κ1) is 17.2. The molecule has 118 valence electrons. The van der Waals surface area contributed by atoms with Crippen LogP contribution in [0.2, 0.25) is 5.02 Å². The van der Waals surface area contributed by atoms with Crippen molar-refractivity contribution in [3.05, 3.63) is 70.3 Å². The minimum absolute atomic E-state index is 0.255. The SMILES string of the molecule is Cc1ccc(NC(=S)NC(=O)/C=C/c2ccccc2Cl)c(C)c1. The Kier molecular flexibility index (Phi) is 5.90. The summed E-state index contributed by atoms with van der Waals surface area (Å²) in [6, 6.07) is 13.3. The highest BCUT2D eigenvalue weighted by molar-refractivity contribution is 7.80. The molecule has 5 heteroatoms. The van der Waals surface area contributed by atoms with E-state index in [1.165, 1.54) is 11.6 Å². The molecule has 0 heterocycles. The number of carbonyl (C=O) groups excluding carboxylic acids is 1. The van der Waals surface area contributed by atoms with Gasteiger partial charge in [0, 0.05) is 16.8 Å². The largest absolute Gasteiger partial charge is 0.332 e. The van der Waals surface area contributed by atoms with Crippen molar-refractivity contribution in [1.82, 2.24) is 5.32 Å². The third kappa shape index (κ3) is 5.20. The van der Waals surface area contributed by atoms with E-state index < -0.39 is 0 Å². The molecule has 0 saturated heterocycles. The maximum atomic E-state index is 11.9. The molecule has 23 heavy (non-hydrogen) atoms. The van der Waals surface area contributed by atoms with Gasteiger partial charge in [-0.2, -0.15) is 0 Å². The Bertz CT molecular complexity index is 771. The summed E-state index contributed by atoms with van der Waals surface area (Å²) < 4.78 is 0. The zero-order chi connectivity index (χ0) is 16.8. The number of hydrogen-bond acceptors (Lipinski definition) is 2. The van der Waals surface area contributed by atoms with Crippen LogP contribution in [0.4, 0.5) is 5.69 Å². The maximum Gasteiger partial charge on any atom is 0.250 e. The number of rotatable bonds is 3. The summed E-state index contributed by atoms with van der Waals surface area (Å²) in [5, 5.41) is 6.47. The van der Waals surface area contributed by atoms with Crippen LogP contribution in [-0.2, 0) is 4.79 Å². The predicted octanol–water partition coefficient (Wildman–Crippen LogP) is 4.48. The average Bonchev–Trinajstić information content (AvgIpc) is 2.49. The number of halogens is 1. The highest BCUT2D eigenvalue weighted by Crippen LogP contribution is 2.17. The minimum atomic E-state index is -0.313. The molecule has 0 atom stereocenters. The highest BCUT2D eigenvalue weighted by Gasteiger charge is 2.04. The van der Waals surface area contributed by atoms with Crippen molar-refractivity contribution in [3.8, 4) is 0 Å². The van der Waals surface area contributed by atoms with Gasteiger partial charge in [-0.1, -0.05) is 47.5 Å². The summed E-state index contributed by atoms with van der Waals surface area (Å²) in [7, 11) is 0. The smallest absolute Gasteiger partial charge is 0.250 e. The van der Waals surface area contributed by atoms with Crippen LogP contribution in [0.25, 0.3) is 6.08 Å². The molecule has 0 aliphatic carbocycles. The van der Waals surface area contributed by atoms with Crippen LogP contribution in [0.3, 0.4) is 0 Å². The van der Waals surface area contributed by atoms with E-state index in [-0.39, 0.29) is 11.0 Å². The highest BCUT2D eigenvalue weighted by atomic mass is 35.5.